The molecule has 1 aromatic heterocycles. The maximum absolute atomic E-state index is 12.4. The number of hydrogen-bond acceptors (Lipinski definition) is 4. The van der Waals surface area contributed by atoms with Gasteiger partial charge in [-0.2, -0.15) is 0 Å². The molecule has 0 spiro atoms. The number of halogens is 3. The van der Waals surface area contributed by atoms with Crippen LogP contribution in [0.2, 0.25) is 0 Å². The van der Waals surface area contributed by atoms with Crippen molar-refractivity contribution in [2.45, 2.75) is 19.5 Å². The Morgan fingerprint density at radius 3 is 2.28 bits per heavy atom. The number of nitrogens with zero attached hydrogens (tertiary/aromatic N) is 3. The Bertz CT molecular complexity index is 1190. The van der Waals surface area contributed by atoms with Crippen molar-refractivity contribution >= 4 is 16.7 Å². The van der Waals surface area contributed by atoms with Gasteiger partial charge in [-0.15, -0.1) is 13.2 Å². The zero-order valence-electron chi connectivity index (χ0n) is 17.6. The SMILES string of the molecule is CN(C)c1ccc2c(c1)nc(COc1ccccc1)n2Cc1ccc(OC(F)(F)F)cc1. The van der Waals surface area contributed by atoms with Crippen LogP contribution >= 0.6 is 0 Å². The quantitative estimate of drug-likeness (QED) is 0.373. The van der Waals surface area contributed by atoms with Crippen molar-refractivity contribution in [3.63, 3.8) is 0 Å². The third-order valence-electron chi connectivity index (χ3n) is 4.94. The maximum atomic E-state index is 12.4. The number of alkyl halides is 3. The monoisotopic (exact) mass is 441 g/mol. The zero-order chi connectivity index (χ0) is 22.7. The molecule has 1 heterocycles. The Hall–Kier alpha value is -3.68. The molecule has 0 saturated carbocycles. The second-order valence-corrected chi connectivity index (χ2v) is 7.48. The van der Waals surface area contributed by atoms with E-state index in [4.69, 9.17) is 9.72 Å². The lowest BCUT2D eigenvalue weighted by molar-refractivity contribution is -0.274. The third-order valence-corrected chi connectivity index (χ3v) is 4.94. The molecule has 3 aromatic carbocycles. The molecule has 0 aliphatic carbocycles. The zero-order valence-corrected chi connectivity index (χ0v) is 17.6. The van der Waals surface area contributed by atoms with Crippen molar-refractivity contribution < 1.29 is 22.6 Å². The van der Waals surface area contributed by atoms with E-state index < -0.39 is 6.36 Å². The van der Waals surface area contributed by atoms with Crippen LogP contribution in [-0.4, -0.2) is 30.0 Å². The Morgan fingerprint density at radius 2 is 1.62 bits per heavy atom. The third kappa shape index (κ3) is 5.14. The number of hydrogen-bond donors (Lipinski definition) is 0. The summed E-state index contributed by atoms with van der Waals surface area (Å²) in [5.41, 5.74) is 3.57. The van der Waals surface area contributed by atoms with Crippen molar-refractivity contribution in [1.29, 1.82) is 0 Å². The van der Waals surface area contributed by atoms with Gasteiger partial charge in [-0.05, 0) is 48.0 Å². The molecule has 4 aromatic rings. The topological polar surface area (TPSA) is 39.5 Å². The number of rotatable bonds is 7. The first-order chi connectivity index (χ1) is 15.3. The lowest BCUT2D eigenvalue weighted by Gasteiger charge is -2.13. The molecule has 0 amide bonds. The number of ether oxygens (including phenoxy) is 2. The van der Waals surface area contributed by atoms with E-state index in [0.29, 0.717) is 6.54 Å². The average molecular weight is 441 g/mol. The number of para-hydroxylation sites is 1. The van der Waals surface area contributed by atoms with E-state index in [1.807, 2.05) is 72.1 Å². The molecule has 4 rings (SSSR count). The van der Waals surface area contributed by atoms with Crippen LogP contribution in [0, 0.1) is 0 Å². The molecule has 8 heteroatoms. The van der Waals surface area contributed by atoms with Gasteiger partial charge < -0.3 is 18.9 Å². The molecule has 0 bridgehead atoms. The van der Waals surface area contributed by atoms with E-state index in [0.717, 1.165) is 33.9 Å². The molecule has 32 heavy (non-hydrogen) atoms. The lowest BCUT2D eigenvalue weighted by Crippen LogP contribution is -2.17. The first-order valence-electron chi connectivity index (χ1n) is 9.97. The first kappa shape index (κ1) is 21.5. The van der Waals surface area contributed by atoms with E-state index >= 15 is 0 Å². The standard InChI is InChI=1S/C24H22F3N3O2/c1-29(2)18-10-13-22-21(14-18)28-23(16-31-19-6-4-3-5-7-19)30(22)15-17-8-11-20(12-9-17)32-24(25,26)27/h3-14H,15-16H2,1-2H3. The highest BCUT2D eigenvalue weighted by molar-refractivity contribution is 5.80. The molecule has 0 aliphatic rings. The summed E-state index contributed by atoms with van der Waals surface area (Å²) < 4.78 is 49.2. The van der Waals surface area contributed by atoms with E-state index in [1.54, 1.807) is 12.1 Å². The van der Waals surface area contributed by atoms with Crippen LogP contribution in [0.15, 0.2) is 72.8 Å². The lowest BCUT2D eigenvalue weighted by atomic mass is 10.2. The summed E-state index contributed by atoms with van der Waals surface area (Å²) in [4.78, 5) is 6.77. The fourth-order valence-electron chi connectivity index (χ4n) is 3.38. The molecule has 0 fully saturated rings. The van der Waals surface area contributed by atoms with Gasteiger partial charge in [-0.25, -0.2) is 4.98 Å². The highest BCUT2D eigenvalue weighted by atomic mass is 19.4. The first-order valence-corrected chi connectivity index (χ1v) is 9.97. The van der Waals surface area contributed by atoms with Crippen LogP contribution in [0.1, 0.15) is 11.4 Å². The van der Waals surface area contributed by atoms with E-state index in [9.17, 15) is 13.2 Å². The van der Waals surface area contributed by atoms with Gasteiger partial charge in [0, 0.05) is 26.3 Å². The summed E-state index contributed by atoms with van der Waals surface area (Å²) in [6, 6.07) is 21.3. The van der Waals surface area contributed by atoms with Gasteiger partial charge in [0.1, 0.15) is 23.9 Å². The minimum Gasteiger partial charge on any atom is -0.486 e. The predicted molar refractivity (Wildman–Crippen MR) is 117 cm³/mol. The van der Waals surface area contributed by atoms with Crippen LogP contribution < -0.4 is 14.4 Å². The Kier molecular flexibility index (Phi) is 5.94. The van der Waals surface area contributed by atoms with Gasteiger partial charge >= 0.3 is 6.36 Å². The van der Waals surface area contributed by atoms with Gasteiger partial charge in [0.2, 0.25) is 0 Å². The molecule has 0 aliphatic heterocycles. The summed E-state index contributed by atoms with van der Waals surface area (Å²) in [7, 11) is 3.92. The van der Waals surface area contributed by atoms with Crippen molar-refractivity contribution in [3.05, 3.63) is 84.2 Å². The number of fused-ring (bicyclic) bond motifs is 1. The minimum absolute atomic E-state index is 0.250. The number of imidazole rings is 1. The fourth-order valence-corrected chi connectivity index (χ4v) is 3.38. The summed E-state index contributed by atoms with van der Waals surface area (Å²) in [5.74, 6) is 1.20. The summed E-state index contributed by atoms with van der Waals surface area (Å²) in [6.45, 7) is 0.683. The minimum atomic E-state index is -4.71. The summed E-state index contributed by atoms with van der Waals surface area (Å²) in [5, 5.41) is 0. The fraction of sp³-hybridized carbons (Fsp3) is 0.208. The predicted octanol–water partition coefficient (Wildman–Crippen LogP) is 5.63. The van der Waals surface area contributed by atoms with Crippen molar-refractivity contribution in [3.8, 4) is 11.5 Å². The second kappa shape index (κ2) is 8.82. The molecule has 0 N–H and O–H groups in total. The highest BCUT2D eigenvalue weighted by Gasteiger charge is 2.31. The summed E-state index contributed by atoms with van der Waals surface area (Å²) >= 11 is 0. The van der Waals surface area contributed by atoms with E-state index in [1.165, 1.54) is 12.1 Å². The molecule has 0 atom stereocenters. The van der Waals surface area contributed by atoms with Crippen molar-refractivity contribution in [2.24, 2.45) is 0 Å². The van der Waals surface area contributed by atoms with Crippen LogP contribution in [0.5, 0.6) is 11.5 Å². The normalized spacial score (nSPS) is 11.5. The van der Waals surface area contributed by atoms with Gasteiger partial charge in [-0.3, -0.25) is 0 Å². The molecule has 0 saturated heterocycles. The Balaban J connectivity index is 1.64. The van der Waals surface area contributed by atoms with Gasteiger partial charge in [0.15, 0.2) is 0 Å². The van der Waals surface area contributed by atoms with Crippen LogP contribution in [0.3, 0.4) is 0 Å². The van der Waals surface area contributed by atoms with E-state index in [-0.39, 0.29) is 12.4 Å². The number of aromatic nitrogens is 2. The molecular weight excluding hydrogens is 419 g/mol. The maximum Gasteiger partial charge on any atom is 0.573 e. The Morgan fingerprint density at radius 1 is 0.906 bits per heavy atom. The smallest absolute Gasteiger partial charge is 0.486 e. The van der Waals surface area contributed by atoms with Gasteiger partial charge in [0.05, 0.1) is 11.0 Å². The van der Waals surface area contributed by atoms with Crippen molar-refractivity contribution in [2.75, 3.05) is 19.0 Å². The molecule has 0 unspecified atom stereocenters. The Labute approximate surface area is 183 Å². The largest absolute Gasteiger partial charge is 0.573 e. The van der Waals surface area contributed by atoms with Gasteiger partial charge in [-0.1, -0.05) is 30.3 Å². The molecule has 166 valence electrons. The van der Waals surface area contributed by atoms with Crippen LogP contribution in [0.4, 0.5) is 18.9 Å². The average Bonchev–Trinajstić information content (AvgIpc) is 3.10. The van der Waals surface area contributed by atoms with Gasteiger partial charge in [0.25, 0.3) is 0 Å². The molecular formula is C24H22F3N3O2. The summed E-state index contributed by atoms with van der Waals surface area (Å²) in [6.07, 6.45) is -4.71. The number of anilines is 1. The van der Waals surface area contributed by atoms with Crippen molar-refractivity contribution in [1.82, 2.24) is 9.55 Å². The van der Waals surface area contributed by atoms with E-state index in [2.05, 4.69) is 4.74 Å². The van der Waals surface area contributed by atoms with Crippen LogP contribution in [0.25, 0.3) is 11.0 Å². The second-order valence-electron chi connectivity index (χ2n) is 7.48. The molecule has 5 nitrogen and oxygen atoms in total. The number of benzene rings is 3. The highest BCUT2D eigenvalue weighted by Crippen LogP contribution is 2.26. The van der Waals surface area contributed by atoms with Crippen LogP contribution in [-0.2, 0) is 13.2 Å². The molecule has 0 radical (unpaired) electrons.